The molecule has 0 atom stereocenters. The number of rotatable bonds is 4. The number of methoxy groups -OCH3 is 1. The topological polar surface area (TPSA) is 63.6 Å². The number of hydrogen-bond acceptors (Lipinski definition) is 3. The van der Waals surface area contributed by atoms with E-state index in [0.29, 0.717) is 36.0 Å². The second-order valence-electron chi connectivity index (χ2n) is 3.96. The smallest absolute Gasteiger partial charge is 0.314 e. The number of hydrogen-bond donors (Lipinski definition) is 1. The summed E-state index contributed by atoms with van der Waals surface area (Å²) in [4.78, 5) is 22.1. The molecule has 1 aromatic carbocycles. The average molecular weight is 220 g/mol. The Kier molecular flexibility index (Phi) is 2.42. The van der Waals surface area contributed by atoms with Gasteiger partial charge in [0, 0.05) is 5.56 Å². The van der Waals surface area contributed by atoms with Crippen molar-refractivity contribution in [2.45, 2.75) is 18.3 Å². The van der Waals surface area contributed by atoms with E-state index < -0.39 is 11.4 Å². The van der Waals surface area contributed by atoms with Crippen molar-refractivity contribution in [2.24, 2.45) is 0 Å². The van der Waals surface area contributed by atoms with E-state index in [0.717, 1.165) is 0 Å². The molecule has 0 heterocycles. The fourth-order valence-electron chi connectivity index (χ4n) is 1.92. The van der Waals surface area contributed by atoms with Crippen LogP contribution in [0.1, 0.15) is 28.8 Å². The zero-order valence-electron chi connectivity index (χ0n) is 8.90. The summed E-state index contributed by atoms with van der Waals surface area (Å²) in [7, 11) is 1.51. The molecule has 0 amide bonds. The SMILES string of the molecule is COc1ccc(C2(C(=O)O)CC2)c(C=O)c1. The Morgan fingerprint density at radius 3 is 2.62 bits per heavy atom. The lowest BCUT2D eigenvalue weighted by Crippen LogP contribution is -2.21. The van der Waals surface area contributed by atoms with Gasteiger partial charge in [-0.1, -0.05) is 6.07 Å². The van der Waals surface area contributed by atoms with Gasteiger partial charge in [0.2, 0.25) is 0 Å². The van der Waals surface area contributed by atoms with Gasteiger partial charge in [0.1, 0.15) is 5.75 Å². The summed E-state index contributed by atoms with van der Waals surface area (Å²) in [5, 5.41) is 9.16. The first-order valence-electron chi connectivity index (χ1n) is 5.01. The lowest BCUT2D eigenvalue weighted by molar-refractivity contribution is -0.140. The number of benzene rings is 1. The van der Waals surface area contributed by atoms with Crippen molar-refractivity contribution in [2.75, 3.05) is 7.11 Å². The number of carbonyl (C=O) groups excluding carboxylic acids is 1. The number of ether oxygens (including phenoxy) is 1. The molecule has 0 aromatic heterocycles. The highest BCUT2D eigenvalue weighted by Crippen LogP contribution is 2.49. The molecule has 2 rings (SSSR count). The minimum atomic E-state index is -0.860. The monoisotopic (exact) mass is 220 g/mol. The van der Waals surface area contributed by atoms with Crippen molar-refractivity contribution in [3.63, 3.8) is 0 Å². The molecule has 0 aliphatic heterocycles. The van der Waals surface area contributed by atoms with Crippen LogP contribution in [0.15, 0.2) is 18.2 Å². The Labute approximate surface area is 92.8 Å². The molecule has 0 spiro atoms. The first-order valence-corrected chi connectivity index (χ1v) is 5.01. The van der Waals surface area contributed by atoms with Gasteiger partial charge < -0.3 is 9.84 Å². The molecular weight excluding hydrogens is 208 g/mol. The van der Waals surface area contributed by atoms with Crippen LogP contribution in [-0.2, 0) is 10.2 Å². The third kappa shape index (κ3) is 1.46. The maximum atomic E-state index is 11.2. The van der Waals surface area contributed by atoms with Gasteiger partial charge in [0.25, 0.3) is 0 Å². The number of aliphatic carboxylic acids is 1. The Bertz CT molecular complexity index is 446. The van der Waals surface area contributed by atoms with E-state index in [1.165, 1.54) is 7.11 Å². The summed E-state index contributed by atoms with van der Waals surface area (Å²) in [5.74, 6) is -0.298. The molecule has 1 aliphatic rings. The molecule has 84 valence electrons. The molecule has 0 saturated heterocycles. The fraction of sp³-hybridized carbons (Fsp3) is 0.333. The normalized spacial score (nSPS) is 16.6. The van der Waals surface area contributed by atoms with Crippen molar-refractivity contribution in [3.8, 4) is 5.75 Å². The summed E-state index contributed by atoms with van der Waals surface area (Å²) < 4.78 is 5.00. The molecule has 4 heteroatoms. The highest BCUT2D eigenvalue weighted by molar-refractivity contribution is 5.90. The van der Waals surface area contributed by atoms with Crippen LogP contribution < -0.4 is 4.74 Å². The standard InChI is InChI=1S/C12H12O4/c1-16-9-2-3-10(8(6-9)7-13)12(4-5-12)11(14)15/h2-3,6-7H,4-5H2,1H3,(H,14,15). The highest BCUT2D eigenvalue weighted by atomic mass is 16.5. The van der Waals surface area contributed by atoms with Crippen LogP contribution in [0, 0.1) is 0 Å². The first-order chi connectivity index (χ1) is 7.64. The zero-order chi connectivity index (χ0) is 11.8. The van der Waals surface area contributed by atoms with Crippen LogP contribution in [0.25, 0.3) is 0 Å². The van der Waals surface area contributed by atoms with Crippen LogP contribution in [0.5, 0.6) is 5.75 Å². The molecule has 1 fully saturated rings. The third-order valence-electron chi connectivity index (χ3n) is 3.06. The predicted molar refractivity (Wildman–Crippen MR) is 56.9 cm³/mol. The summed E-state index contributed by atoms with van der Waals surface area (Å²) in [5.41, 5.74) is 0.151. The maximum absolute atomic E-state index is 11.2. The van der Waals surface area contributed by atoms with Crippen LogP contribution >= 0.6 is 0 Å². The van der Waals surface area contributed by atoms with Crippen LogP contribution in [0.4, 0.5) is 0 Å². The second-order valence-corrected chi connectivity index (χ2v) is 3.96. The molecule has 4 nitrogen and oxygen atoms in total. The van der Waals surface area contributed by atoms with E-state index in [4.69, 9.17) is 9.84 Å². The number of aldehydes is 1. The molecular formula is C12H12O4. The fourth-order valence-corrected chi connectivity index (χ4v) is 1.92. The summed E-state index contributed by atoms with van der Waals surface area (Å²) in [6, 6.07) is 4.93. The quantitative estimate of drug-likeness (QED) is 0.783. The van der Waals surface area contributed by atoms with E-state index >= 15 is 0 Å². The van der Waals surface area contributed by atoms with Gasteiger partial charge >= 0.3 is 5.97 Å². The molecule has 0 bridgehead atoms. The first kappa shape index (κ1) is 10.7. The lowest BCUT2D eigenvalue weighted by atomic mass is 9.92. The molecule has 1 aromatic rings. The van der Waals surface area contributed by atoms with E-state index in [2.05, 4.69) is 0 Å². The van der Waals surface area contributed by atoms with Gasteiger partial charge in [0.15, 0.2) is 6.29 Å². The Balaban J connectivity index is 2.49. The van der Waals surface area contributed by atoms with Gasteiger partial charge in [-0.2, -0.15) is 0 Å². The minimum Gasteiger partial charge on any atom is -0.497 e. The van der Waals surface area contributed by atoms with E-state index in [1.54, 1.807) is 18.2 Å². The van der Waals surface area contributed by atoms with Gasteiger partial charge in [0.05, 0.1) is 12.5 Å². The molecule has 0 radical (unpaired) electrons. The molecule has 1 saturated carbocycles. The largest absolute Gasteiger partial charge is 0.497 e. The summed E-state index contributed by atoms with van der Waals surface area (Å²) >= 11 is 0. The van der Waals surface area contributed by atoms with Crippen molar-refractivity contribution in [1.82, 2.24) is 0 Å². The lowest BCUT2D eigenvalue weighted by Gasteiger charge is -2.13. The van der Waals surface area contributed by atoms with Crippen molar-refractivity contribution < 1.29 is 19.4 Å². The Morgan fingerprint density at radius 1 is 1.50 bits per heavy atom. The summed E-state index contributed by atoms with van der Waals surface area (Å²) in [6.45, 7) is 0. The van der Waals surface area contributed by atoms with Gasteiger partial charge in [-0.25, -0.2) is 0 Å². The van der Waals surface area contributed by atoms with Crippen molar-refractivity contribution in [3.05, 3.63) is 29.3 Å². The second kappa shape index (κ2) is 3.63. The summed E-state index contributed by atoms with van der Waals surface area (Å²) in [6.07, 6.45) is 1.87. The van der Waals surface area contributed by atoms with Crippen LogP contribution in [0.3, 0.4) is 0 Å². The predicted octanol–water partition coefficient (Wildman–Crippen LogP) is 1.62. The highest BCUT2D eigenvalue weighted by Gasteiger charge is 2.52. The molecule has 0 unspecified atom stereocenters. The van der Waals surface area contributed by atoms with E-state index in [9.17, 15) is 9.59 Å². The van der Waals surface area contributed by atoms with Crippen LogP contribution in [0.2, 0.25) is 0 Å². The zero-order valence-corrected chi connectivity index (χ0v) is 8.90. The molecule has 16 heavy (non-hydrogen) atoms. The van der Waals surface area contributed by atoms with Crippen LogP contribution in [-0.4, -0.2) is 24.5 Å². The third-order valence-corrected chi connectivity index (χ3v) is 3.06. The molecule has 1 N–H and O–H groups in total. The number of carboxylic acids is 1. The van der Waals surface area contributed by atoms with E-state index in [-0.39, 0.29) is 0 Å². The van der Waals surface area contributed by atoms with Crippen molar-refractivity contribution >= 4 is 12.3 Å². The molecule has 1 aliphatic carbocycles. The number of carbonyl (C=O) groups is 2. The maximum Gasteiger partial charge on any atom is 0.314 e. The Morgan fingerprint density at radius 2 is 2.19 bits per heavy atom. The average Bonchev–Trinajstić information content (AvgIpc) is 3.09. The van der Waals surface area contributed by atoms with Gasteiger partial charge in [-0.15, -0.1) is 0 Å². The number of carboxylic acid groups (broad SMARTS) is 1. The van der Waals surface area contributed by atoms with Gasteiger partial charge in [-0.05, 0) is 30.5 Å². The van der Waals surface area contributed by atoms with Gasteiger partial charge in [-0.3, -0.25) is 9.59 Å². The van der Waals surface area contributed by atoms with E-state index in [1.807, 2.05) is 0 Å². The minimum absolute atomic E-state index is 0.402. The van der Waals surface area contributed by atoms with Crippen molar-refractivity contribution in [1.29, 1.82) is 0 Å². The Hall–Kier alpha value is -1.84.